The highest BCUT2D eigenvalue weighted by molar-refractivity contribution is 6.51. The number of Topliss-reactive ketones (excluding diaryl/α,β-unsaturated/α-hetero) is 1. The van der Waals surface area contributed by atoms with Crippen LogP contribution in [0.5, 0.6) is 5.75 Å². The van der Waals surface area contributed by atoms with E-state index in [0.717, 1.165) is 0 Å². The number of anilines is 1. The summed E-state index contributed by atoms with van der Waals surface area (Å²) in [4.78, 5) is 27.4. The first kappa shape index (κ1) is 22.3. The minimum absolute atomic E-state index is 0.0588. The van der Waals surface area contributed by atoms with E-state index in [0.29, 0.717) is 29.4 Å². The van der Waals surface area contributed by atoms with Crippen molar-refractivity contribution in [2.75, 3.05) is 11.5 Å². The van der Waals surface area contributed by atoms with Crippen LogP contribution in [0.1, 0.15) is 31.0 Å². The number of ether oxygens (including phenoxy) is 1. The quantitative estimate of drug-likeness (QED) is 0.310. The fourth-order valence-corrected chi connectivity index (χ4v) is 3.83. The summed E-state index contributed by atoms with van der Waals surface area (Å²) in [7, 11) is 0. The van der Waals surface area contributed by atoms with Gasteiger partial charge in [-0.05, 0) is 41.8 Å². The van der Waals surface area contributed by atoms with Crippen molar-refractivity contribution in [2.45, 2.75) is 19.9 Å². The lowest BCUT2D eigenvalue weighted by Crippen LogP contribution is -2.29. The molecule has 168 valence electrons. The average molecular weight is 445 g/mol. The molecule has 3 aromatic carbocycles. The number of benzene rings is 3. The lowest BCUT2D eigenvalue weighted by molar-refractivity contribution is -0.132. The molecular weight excluding hydrogens is 421 g/mol. The molecule has 1 unspecified atom stereocenters. The van der Waals surface area contributed by atoms with Gasteiger partial charge >= 0.3 is 0 Å². The van der Waals surface area contributed by atoms with Crippen LogP contribution in [0.2, 0.25) is 0 Å². The van der Waals surface area contributed by atoms with Crippen LogP contribution in [0.15, 0.2) is 84.4 Å². The Bertz CT molecular complexity index is 1220. The summed E-state index contributed by atoms with van der Waals surface area (Å²) < 4.78 is 19.7. The molecule has 1 saturated heterocycles. The molecule has 1 heterocycles. The van der Waals surface area contributed by atoms with Crippen molar-refractivity contribution in [1.29, 1.82) is 0 Å². The Hall–Kier alpha value is -3.93. The van der Waals surface area contributed by atoms with Gasteiger partial charge in [-0.15, -0.1) is 0 Å². The van der Waals surface area contributed by atoms with Gasteiger partial charge < -0.3 is 9.84 Å². The second-order valence-electron chi connectivity index (χ2n) is 8.29. The van der Waals surface area contributed by atoms with E-state index in [9.17, 15) is 19.1 Å². The number of rotatable bonds is 6. The fraction of sp³-hybridized carbons (Fsp3) is 0.185. The zero-order valence-corrected chi connectivity index (χ0v) is 18.4. The molecular formula is C27H24FNO4. The maximum absolute atomic E-state index is 14.0. The van der Waals surface area contributed by atoms with Crippen molar-refractivity contribution in [3.8, 4) is 5.75 Å². The highest BCUT2D eigenvalue weighted by atomic mass is 19.1. The number of hydrogen-bond acceptors (Lipinski definition) is 4. The van der Waals surface area contributed by atoms with Crippen molar-refractivity contribution in [3.63, 3.8) is 0 Å². The predicted molar refractivity (Wildman–Crippen MR) is 124 cm³/mol. The number of ketones is 1. The highest BCUT2D eigenvalue weighted by Gasteiger charge is 2.47. The molecule has 1 aliphatic heterocycles. The number of carbonyl (C=O) groups excluding carboxylic acids is 2. The van der Waals surface area contributed by atoms with Crippen LogP contribution in [0.3, 0.4) is 0 Å². The van der Waals surface area contributed by atoms with Crippen LogP contribution >= 0.6 is 0 Å². The van der Waals surface area contributed by atoms with Crippen LogP contribution in [0.4, 0.5) is 10.1 Å². The molecule has 0 saturated carbocycles. The molecule has 0 aromatic heterocycles. The maximum atomic E-state index is 14.0. The Labute approximate surface area is 191 Å². The number of amides is 1. The van der Waals surface area contributed by atoms with Crippen LogP contribution in [-0.4, -0.2) is 23.4 Å². The van der Waals surface area contributed by atoms with Gasteiger partial charge in [0.1, 0.15) is 17.3 Å². The largest absolute Gasteiger partial charge is 0.507 e. The van der Waals surface area contributed by atoms with E-state index in [4.69, 9.17) is 4.74 Å². The van der Waals surface area contributed by atoms with E-state index in [2.05, 4.69) is 0 Å². The Morgan fingerprint density at radius 1 is 1.00 bits per heavy atom. The molecule has 4 rings (SSSR count). The molecule has 0 spiro atoms. The van der Waals surface area contributed by atoms with Crippen LogP contribution < -0.4 is 9.64 Å². The third-order valence-electron chi connectivity index (χ3n) is 5.34. The Morgan fingerprint density at radius 3 is 2.42 bits per heavy atom. The summed E-state index contributed by atoms with van der Waals surface area (Å²) in [6, 6.07) is 20.2. The molecule has 0 bridgehead atoms. The van der Waals surface area contributed by atoms with Crippen molar-refractivity contribution in [3.05, 3.63) is 101 Å². The lowest BCUT2D eigenvalue weighted by Gasteiger charge is -2.25. The molecule has 1 N–H and O–H groups in total. The Morgan fingerprint density at radius 2 is 1.73 bits per heavy atom. The molecule has 33 heavy (non-hydrogen) atoms. The first-order valence-electron chi connectivity index (χ1n) is 10.7. The fourth-order valence-electron chi connectivity index (χ4n) is 3.83. The third kappa shape index (κ3) is 4.51. The molecule has 1 fully saturated rings. The number of nitrogens with zero attached hydrogens (tertiary/aromatic N) is 1. The Balaban J connectivity index is 1.85. The zero-order chi connectivity index (χ0) is 23.5. The van der Waals surface area contributed by atoms with E-state index in [1.165, 1.54) is 23.1 Å². The molecule has 3 aromatic rings. The molecule has 5 nitrogen and oxygen atoms in total. The summed E-state index contributed by atoms with van der Waals surface area (Å²) in [5.74, 6) is -1.64. The van der Waals surface area contributed by atoms with Crippen molar-refractivity contribution >= 4 is 23.1 Å². The van der Waals surface area contributed by atoms with E-state index in [1.807, 2.05) is 19.9 Å². The summed E-state index contributed by atoms with van der Waals surface area (Å²) in [5.41, 5.74) is 1.15. The standard InChI is InChI=1S/C27H24FNO4/c1-17(2)16-33-22-13-6-10-19(14-22)25(30)23-24(18-8-4-3-5-9-18)29(27(32)26(23)31)21-12-7-11-20(28)15-21/h3-15,17,24,30H,16H2,1-2H3/b25-23+. The van der Waals surface area contributed by atoms with Gasteiger partial charge in [-0.1, -0.05) is 62.4 Å². The molecule has 1 aliphatic rings. The second-order valence-corrected chi connectivity index (χ2v) is 8.29. The molecule has 0 aliphatic carbocycles. The topological polar surface area (TPSA) is 66.8 Å². The SMILES string of the molecule is CC(C)COc1cccc(/C(O)=C2\C(=O)C(=O)N(c3cccc(F)c3)C2c2ccccc2)c1. The molecule has 1 atom stereocenters. The highest BCUT2D eigenvalue weighted by Crippen LogP contribution is 2.42. The normalized spacial score (nSPS) is 17.6. The summed E-state index contributed by atoms with van der Waals surface area (Å²) >= 11 is 0. The van der Waals surface area contributed by atoms with Gasteiger partial charge in [0.2, 0.25) is 0 Å². The zero-order valence-electron chi connectivity index (χ0n) is 18.4. The van der Waals surface area contributed by atoms with E-state index < -0.39 is 23.5 Å². The van der Waals surface area contributed by atoms with Gasteiger partial charge in [0.15, 0.2) is 0 Å². The summed E-state index contributed by atoms with van der Waals surface area (Å²) in [6.45, 7) is 4.55. The van der Waals surface area contributed by atoms with Crippen molar-refractivity contribution < 1.29 is 23.8 Å². The Kier molecular flexibility index (Phi) is 6.27. The first-order chi connectivity index (χ1) is 15.9. The van der Waals surface area contributed by atoms with Gasteiger partial charge in [-0.25, -0.2) is 4.39 Å². The molecule has 0 radical (unpaired) electrons. The number of hydrogen-bond donors (Lipinski definition) is 1. The number of aliphatic hydroxyl groups excluding tert-OH is 1. The predicted octanol–water partition coefficient (Wildman–Crippen LogP) is 5.49. The smallest absolute Gasteiger partial charge is 0.300 e. The number of halogens is 1. The van der Waals surface area contributed by atoms with Crippen LogP contribution in [0.25, 0.3) is 5.76 Å². The number of aliphatic hydroxyl groups is 1. The van der Waals surface area contributed by atoms with Crippen LogP contribution in [-0.2, 0) is 9.59 Å². The second kappa shape index (κ2) is 9.28. The number of carbonyl (C=O) groups is 2. The van der Waals surface area contributed by atoms with Gasteiger partial charge in [0.25, 0.3) is 11.7 Å². The van der Waals surface area contributed by atoms with E-state index >= 15 is 0 Å². The lowest BCUT2D eigenvalue weighted by atomic mass is 9.95. The third-order valence-corrected chi connectivity index (χ3v) is 5.34. The van der Waals surface area contributed by atoms with Crippen molar-refractivity contribution in [1.82, 2.24) is 0 Å². The minimum atomic E-state index is -0.909. The summed E-state index contributed by atoms with van der Waals surface area (Å²) in [5, 5.41) is 11.2. The minimum Gasteiger partial charge on any atom is -0.507 e. The van der Waals surface area contributed by atoms with Crippen molar-refractivity contribution in [2.24, 2.45) is 5.92 Å². The molecule has 6 heteroatoms. The van der Waals surface area contributed by atoms with E-state index in [-0.39, 0.29) is 17.0 Å². The van der Waals surface area contributed by atoms with Gasteiger partial charge in [-0.3, -0.25) is 14.5 Å². The maximum Gasteiger partial charge on any atom is 0.300 e. The summed E-state index contributed by atoms with van der Waals surface area (Å²) in [6.07, 6.45) is 0. The van der Waals surface area contributed by atoms with Crippen LogP contribution in [0, 0.1) is 11.7 Å². The van der Waals surface area contributed by atoms with E-state index in [1.54, 1.807) is 54.6 Å². The molecule has 1 amide bonds. The average Bonchev–Trinajstić information content (AvgIpc) is 3.08. The first-order valence-corrected chi connectivity index (χ1v) is 10.7. The van der Waals surface area contributed by atoms with Gasteiger partial charge in [-0.2, -0.15) is 0 Å². The van der Waals surface area contributed by atoms with Gasteiger partial charge in [0.05, 0.1) is 18.2 Å². The van der Waals surface area contributed by atoms with Gasteiger partial charge in [0, 0.05) is 11.3 Å². The monoisotopic (exact) mass is 445 g/mol.